The fourth-order valence-electron chi connectivity index (χ4n) is 3.12. The topological polar surface area (TPSA) is 66.8 Å². The summed E-state index contributed by atoms with van der Waals surface area (Å²) in [6.07, 6.45) is 1.85. The van der Waals surface area contributed by atoms with E-state index in [0.717, 1.165) is 29.7 Å². The summed E-state index contributed by atoms with van der Waals surface area (Å²) in [5.41, 5.74) is 2.76. The first kappa shape index (κ1) is 24.2. The second-order valence-electron chi connectivity index (χ2n) is 6.96. The molecule has 1 N–H and O–H groups in total. The van der Waals surface area contributed by atoms with E-state index in [4.69, 9.17) is 22.1 Å². The molecule has 0 aromatic heterocycles. The van der Waals surface area contributed by atoms with Crippen LogP contribution in [-0.2, 0) is 11.4 Å². The molecule has 5 nitrogen and oxygen atoms in total. The summed E-state index contributed by atoms with van der Waals surface area (Å²) in [5, 5.41) is 9.02. The predicted octanol–water partition coefficient (Wildman–Crippen LogP) is 6.58. The Morgan fingerprint density at radius 3 is 2.30 bits per heavy atom. The number of ether oxygens (including phenoxy) is 1. The van der Waals surface area contributed by atoms with Crippen molar-refractivity contribution in [1.29, 1.82) is 0 Å². The maximum Gasteiger partial charge on any atom is 0.335 e. The van der Waals surface area contributed by atoms with E-state index in [1.54, 1.807) is 29.2 Å². The lowest BCUT2D eigenvalue weighted by Gasteiger charge is -2.14. The molecule has 0 radical (unpaired) electrons. The quantitative estimate of drug-likeness (QED) is 0.178. The van der Waals surface area contributed by atoms with Crippen molar-refractivity contribution in [2.75, 3.05) is 4.90 Å². The molecule has 1 saturated heterocycles. The van der Waals surface area contributed by atoms with Crippen molar-refractivity contribution in [2.45, 2.75) is 6.61 Å². The van der Waals surface area contributed by atoms with Crippen molar-refractivity contribution in [3.8, 4) is 5.75 Å². The third-order valence-corrected chi connectivity index (χ3v) is 7.62. The molecule has 166 valence electrons. The Labute approximate surface area is 227 Å². The molecule has 0 aliphatic carbocycles. The summed E-state index contributed by atoms with van der Waals surface area (Å²) in [4.78, 5) is 26.1. The summed E-state index contributed by atoms with van der Waals surface area (Å²) in [7, 11) is 0. The van der Waals surface area contributed by atoms with Gasteiger partial charge < -0.3 is 9.84 Å². The second kappa shape index (κ2) is 10.5. The predicted molar refractivity (Wildman–Crippen MR) is 152 cm³/mol. The van der Waals surface area contributed by atoms with E-state index in [1.807, 2.05) is 48.5 Å². The van der Waals surface area contributed by atoms with Gasteiger partial charge in [-0.05, 0) is 98.8 Å². The lowest BCUT2D eigenvalue weighted by atomic mass is 10.1. The van der Waals surface area contributed by atoms with Gasteiger partial charge in [0.05, 0.1) is 23.3 Å². The Hall–Kier alpha value is -1.96. The highest BCUT2D eigenvalue weighted by molar-refractivity contribution is 14.1. The summed E-state index contributed by atoms with van der Waals surface area (Å²) < 4.78 is 8.34. The van der Waals surface area contributed by atoms with Gasteiger partial charge >= 0.3 is 5.97 Å². The molecule has 0 unspecified atom stereocenters. The van der Waals surface area contributed by atoms with Crippen LogP contribution in [-0.4, -0.2) is 21.3 Å². The molecule has 1 heterocycles. The van der Waals surface area contributed by atoms with Crippen molar-refractivity contribution in [2.24, 2.45) is 0 Å². The van der Waals surface area contributed by atoms with Crippen LogP contribution in [0.15, 0.2) is 71.6 Å². The standard InChI is InChI=1S/C24H15I2NO4S2/c25-18-10-15(12-20-22(28)27(24(32)33-20)17-4-2-1-3-5-17)11-19(26)21(18)31-13-14-6-8-16(9-7-14)23(29)30/h1-12H,13H2,(H,29,30)/b20-12+. The van der Waals surface area contributed by atoms with Gasteiger partial charge in [-0.1, -0.05) is 54.3 Å². The number of anilines is 1. The molecule has 1 aliphatic rings. The number of amides is 1. The first-order valence-electron chi connectivity index (χ1n) is 9.60. The van der Waals surface area contributed by atoms with E-state index in [1.165, 1.54) is 11.8 Å². The minimum absolute atomic E-state index is 0.133. The van der Waals surface area contributed by atoms with E-state index in [2.05, 4.69) is 45.2 Å². The zero-order valence-corrected chi connectivity index (χ0v) is 22.8. The second-order valence-corrected chi connectivity index (χ2v) is 11.0. The minimum atomic E-state index is -0.956. The van der Waals surface area contributed by atoms with Crippen molar-refractivity contribution in [3.63, 3.8) is 0 Å². The Balaban J connectivity index is 1.51. The van der Waals surface area contributed by atoms with Crippen LogP contribution < -0.4 is 9.64 Å². The van der Waals surface area contributed by atoms with Crippen LogP contribution in [0.1, 0.15) is 21.5 Å². The zero-order valence-electron chi connectivity index (χ0n) is 16.8. The highest BCUT2D eigenvalue weighted by Gasteiger charge is 2.33. The number of thioether (sulfide) groups is 1. The normalized spacial score (nSPS) is 14.7. The van der Waals surface area contributed by atoms with Crippen LogP contribution in [0.5, 0.6) is 5.75 Å². The monoisotopic (exact) mass is 699 g/mol. The molecule has 0 atom stereocenters. The first-order chi connectivity index (χ1) is 15.8. The summed E-state index contributed by atoms with van der Waals surface area (Å²) in [6.45, 7) is 0.320. The first-order valence-corrected chi connectivity index (χ1v) is 13.0. The third-order valence-electron chi connectivity index (χ3n) is 4.71. The zero-order chi connectivity index (χ0) is 23.5. The lowest BCUT2D eigenvalue weighted by molar-refractivity contribution is -0.113. The van der Waals surface area contributed by atoms with Gasteiger partial charge in [-0.25, -0.2) is 4.79 Å². The number of rotatable bonds is 6. The van der Waals surface area contributed by atoms with E-state index in [0.29, 0.717) is 15.8 Å². The number of benzene rings is 3. The number of thiocarbonyl (C=S) groups is 1. The van der Waals surface area contributed by atoms with E-state index in [-0.39, 0.29) is 11.5 Å². The number of carbonyl (C=O) groups excluding carboxylic acids is 1. The van der Waals surface area contributed by atoms with E-state index in [9.17, 15) is 9.59 Å². The smallest absolute Gasteiger partial charge is 0.335 e. The Morgan fingerprint density at radius 1 is 1.06 bits per heavy atom. The van der Waals surface area contributed by atoms with Crippen LogP contribution in [0.4, 0.5) is 5.69 Å². The number of carbonyl (C=O) groups is 2. The van der Waals surface area contributed by atoms with Crippen LogP contribution >= 0.6 is 69.2 Å². The van der Waals surface area contributed by atoms with Crippen molar-refractivity contribution < 1.29 is 19.4 Å². The van der Waals surface area contributed by atoms with Gasteiger partial charge in [0.1, 0.15) is 12.4 Å². The number of carboxylic acid groups (broad SMARTS) is 1. The third kappa shape index (κ3) is 5.58. The van der Waals surface area contributed by atoms with Crippen LogP contribution in [0.25, 0.3) is 6.08 Å². The Kier molecular flexibility index (Phi) is 7.72. The summed E-state index contributed by atoms with van der Waals surface area (Å²) >= 11 is 11.2. The fraction of sp³-hybridized carbons (Fsp3) is 0.0417. The summed E-state index contributed by atoms with van der Waals surface area (Å²) in [6, 6.07) is 19.9. The lowest BCUT2D eigenvalue weighted by Crippen LogP contribution is -2.27. The Morgan fingerprint density at radius 2 is 1.70 bits per heavy atom. The average molecular weight is 699 g/mol. The van der Waals surface area contributed by atoms with Gasteiger partial charge in [0.15, 0.2) is 4.32 Å². The van der Waals surface area contributed by atoms with Crippen molar-refractivity contribution in [3.05, 3.63) is 95.5 Å². The molecule has 33 heavy (non-hydrogen) atoms. The highest BCUT2D eigenvalue weighted by Crippen LogP contribution is 2.37. The number of hydrogen-bond donors (Lipinski definition) is 1. The maximum atomic E-state index is 13.0. The molecule has 1 fully saturated rings. The molecule has 3 aromatic carbocycles. The number of aromatic carboxylic acids is 1. The van der Waals surface area contributed by atoms with Crippen LogP contribution in [0.2, 0.25) is 0 Å². The maximum absolute atomic E-state index is 13.0. The summed E-state index contributed by atoms with van der Waals surface area (Å²) in [5.74, 6) is -0.346. The molecule has 9 heteroatoms. The molecule has 4 rings (SSSR count). The number of hydrogen-bond acceptors (Lipinski definition) is 5. The largest absolute Gasteiger partial charge is 0.487 e. The molecular formula is C24H15I2NO4S2. The number of para-hydroxylation sites is 1. The van der Waals surface area contributed by atoms with Gasteiger partial charge in [-0.2, -0.15) is 0 Å². The molecule has 1 aliphatic heterocycles. The van der Waals surface area contributed by atoms with Gasteiger partial charge in [-0.3, -0.25) is 9.69 Å². The van der Waals surface area contributed by atoms with E-state index < -0.39 is 5.97 Å². The van der Waals surface area contributed by atoms with Gasteiger partial charge in [0.25, 0.3) is 5.91 Å². The van der Waals surface area contributed by atoms with Crippen molar-refractivity contribution in [1.82, 2.24) is 0 Å². The number of nitrogens with zero attached hydrogens (tertiary/aromatic N) is 1. The number of carboxylic acids is 1. The molecule has 0 bridgehead atoms. The highest BCUT2D eigenvalue weighted by atomic mass is 127. The molecule has 1 amide bonds. The SMILES string of the molecule is O=C(O)c1ccc(COc2c(I)cc(/C=C3/SC(=S)N(c4ccccc4)C3=O)cc2I)cc1. The van der Waals surface area contributed by atoms with Gasteiger partial charge in [-0.15, -0.1) is 0 Å². The molecule has 0 spiro atoms. The molecule has 0 saturated carbocycles. The molecular weight excluding hydrogens is 684 g/mol. The minimum Gasteiger partial charge on any atom is -0.487 e. The fourth-order valence-corrected chi connectivity index (χ4v) is 6.55. The van der Waals surface area contributed by atoms with Crippen LogP contribution in [0, 0.1) is 7.14 Å². The average Bonchev–Trinajstić information content (AvgIpc) is 3.06. The van der Waals surface area contributed by atoms with E-state index >= 15 is 0 Å². The molecule has 3 aromatic rings. The van der Waals surface area contributed by atoms with Gasteiger partial charge in [0.2, 0.25) is 0 Å². The Bertz CT molecular complexity index is 1250. The van der Waals surface area contributed by atoms with Crippen LogP contribution in [0.3, 0.4) is 0 Å². The van der Waals surface area contributed by atoms with Crippen molar-refractivity contribution >= 4 is 97.1 Å². The number of halogens is 2. The van der Waals surface area contributed by atoms with Gasteiger partial charge in [0, 0.05) is 0 Å².